The lowest BCUT2D eigenvalue weighted by Crippen LogP contribution is -1.99. The molecule has 1 aliphatic carbocycles. The number of aromatic nitrogens is 2. The summed E-state index contributed by atoms with van der Waals surface area (Å²) in [6, 6.07) is 7.97. The molecule has 0 saturated carbocycles. The van der Waals surface area contributed by atoms with Crippen molar-refractivity contribution in [1.29, 1.82) is 0 Å². The zero-order chi connectivity index (χ0) is 14.9. The Morgan fingerprint density at radius 1 is 1.13 bits per heavy atom. The van der Waals surface area contributed by atoms with E-state index < -0.39 is 0 Å². The van der Waals surface area contributed by atoms with Crippen LogP contribution in [0, 0.1) is 0 Å². The largest absolute Gasteiger partial charge is 0.334 e. The van der Waals surface area contributed by atoms with Crippen molar-refractivity contribution >= 4 is 23.7 Å². The van der Waals surface area contributed by atoms with Gasteiger partial charge in [-0.15, -0.1) is 23.7 Å². The Morgan fingerprint density at radius 2 is 1.91 bits per heavy atom. The van der Waals surface area contributed by atoms with Gasteiger partial charge in [0.15, 0.2) is 0 Å². The Hall–Kier alpha value is -1.69. The highest BCUT2D eigenvalue weighted by atomic mass is 35.5. The van der Waals surface area contributed by atoms with Crippen LogP contribution in [-0.2, 0) is 19.4 Å². The summed E-state index contributed by atoms with van der Waals surface area (Å²) in [5, 5.41) is 6.29. The van der Waals surface area contributed by atoms with Gasteiger partial charge in [0.05, 0.1) is 5.56 Å². The molecule has 1 aliphatic rings. The fourth-order valence-corrected chi connectivity index (χ4v) is 4.03. The van der Waals surface area contributed by atoms with Crippen LogP contribution in [0.15, 0.2) is 34.2 Å². The van der Waals surface area contributed by atoms with Gasteiger partial charge in [0.1, 0.15) is 0 Å². The molecule has 0 fully saturated rings. The SMILES string of the molecule is Cl.NCc1ccc(-c2noc(-c3csc4c3CCCC4)n2)cc1. The van der Waals surface area contributed by atoms with Gasteiger partial charge in [-0.1, -0.05) is 29.4 Å². The second kappa shape index (κ2) is 6.83. The number of hydrogen-bond donors (Lipinski definition) is 1. The number of aryl methyl sites for hydroxylation is 1. The van der Waals surface area contributed by atoms with Gasteiger partial charge in [0, 0.05) is 22.4 Å². The molecule has 0 saturated heterocycles. The van der Waals surface area contributed by atoms with E-state index in [4.69, 9.17) is 10.3 Å². The Labute approximate surface area is 145 Å². The van der Waals surface area contributed by atoms with Crippen LogP contribution in [0.4, 0.5) is 0 Å². The van der Waals surface area contributed by atoms with Gasteiger partial charge in [-0.3, -0.25) is 0 Å². The molecule has 1 aromatic carbocycles. The van der Waals surface area contributed by atoms with E-state index in [1.807, 2.05) is 35.6 Å². The minimum absolute atomic E-state index is 0. The Kier molecular flexibility index (Phi) is 4.80. The van der Waals surface area contributed by atoms with Crippen molar-refractivity contribution in [2.45, 2.75) is 32.2 Å². The average Bonchev–Trinajstić information content (AvgIpc) is 3.21. The van der Waals surface area contributed by atoms with Crippen LogP contribution < -0.4 is 5.73 Å². The van der Waals surface area contributed by atoms with Crippen molar-refractivity contribution in [2.75, 3.05) is 0 Å². The molecule has 120 valence electrons. The normalized spacial score (nSPS) is 13.4. The zero-order valence-electron chi connectivity index (χ0n) is 12.6. The molecule has 0 unspecified atom stereocenters. The van der Waals surface area contributed by atoms with E-state index in [1.54, 1.807) is 0 Å². The molecule has 0 amide bonds. The number of hydrogen-bond acceptors (Lipinski definition) is 5. The molecule has 23 heavy (non-hydrogen) atoms. The summed E-state index contributed by atoms with van der Waals surface area (Å²) >= 11 is 1.82. The highest BCUT2D eigenvalue weighted by Gasteiger charge is 2.20. The number of nitrogens with zero attached hydrogens (tertiary/aromatic N) is 2. The molecule has 0 bridgehead atoms. The van der Waals surface area contributed by atoms with Crippen molar-refractivity contribution in [3.8, 4) is 22.8 Å². The first-order valence-electron chi connectivity index (χ1n) is 7.58. The van der Waals surface area contributed by atoms with Crippen LogP contribution in [0.25, 0.3) is 22.8 Å². The molecule has 0 aliphatic heterocycles. The fraction of sp³-hybridized carbons (Fsp3) is 0.294. The summed E-state index contributed by atoms with van der Waals surface area (Å²) in [6.45, 7) is 0.540. The van der Waals surface area contributed by atoms with E-state index in [-0.39, 0.29) is 12.4 Å². The van der Waals surface area contributed by atoms with Gasteiger partial charge >= 0.3 is 0 Å². The number of halogens is 1. The van der Waals surface area contributed by atoms with Crippen LogP contribution in [0.5, 0.6) is 0 Å². The number of benzene rings is 1. The number of rotatable bonds is 3. The Morgan fingerprint density at radius 3 is 2.70 bits per heavy atom. The quantitative estimate of drug-likeness (QED) is 0.770. The summed E-state index contributed by atoms with van der Waals surface area (Å²) in [4.78, 5) is 6.06. The first-order chi connectivity index (χ1) is 10.8. The van der Waals surface area contributed by atoms with Crippen molar-refractivity contribution < 1.29 is 4.52 Å². The number of thiophene rings is 1. The number of fused-ring (bicyclic) bond motifs is 1. The van der Waals surface area contributed by atoms with Crippen LogP contribution in [0.3, 0.4) is 0 Å². The minimum atomic E-state index is 0. The lowest BCUT2D eigenvalue weighted by Gasteiger charge is -2.10. The molecule has 3 aromatic rings. The standard InChI is InChI=1S/C17H17N3OS.ClH/c18-9-11-5-7-12(8-6-11)16-19-17(21-20-16)14-10-22-15-4-2-1-3-13(14)15;/h5-8,10H,1-4,9,18H2;1H. The third kappa shape index (κ3) is 3.04. The summed E-state index contributed by atoms with van der Waals surface area (Å²) in [7, 11) is 0. The molecule has 0 atom stereocenters. The van der Waals surface area contributed by atoms with Gasteiger partial charge in [-0.25, -0.2) is 0 Å². The highest BCUT2D eigenvalue weighted by Crippen LogP contribution is 2.36. The van der Waals surface area contributed by atoms with Gasteiger partial charge < -0.3 is 10.3 Å². The summed E-state index contributed by atoms with van der Waals surface area (Å²) in [5.74, 6) is 1.27. The molecular formula is C17H18ClN3OS. The predicted octanol–water partition coefficient (Wildman–Crippen LogP) is 4.22. The van der Waals surface area contributed by atoms with Gasteiger partial charge in [0.2, 0.25) is 5.82 Å². The first kappa shape index (κ1) is 16.2. The van der Waals surface area contributed by atoms with Gasteiger partial charge in [-0.05, 0) is 36.8 Å². The highest BCUT2D eigenvalue weighted by molar-refractivity contribution is 7.10. The van der Waals surface area contributed by atoms with E-state index in [2.05, 4.69) is 15.5 Å². The van der Waals surface area contributed by atoms with E-state index in [9.17, 15) is 0 Å². The maximum atomic E-state index is 5.62. The van der Waals surface area contributed by atoms with Crippen LogP contribution >= 0.6 is 23.7 Å². The van der Waals surface area contributed by atoms with Crippen molar-refractivity contribution in [1.82, 2.24) is 10.1 Å². The topological polar surface area (TPSA) is 64.9 Å². The molecule has 2 heterocycles. The van der Waals surface area contributed by atoms with E-state index in [0.717, 1.165) is 23.1 Å². The third-order valence-corrected chi connectivity index (χ3v) is 5.25. The van der Waals surface area contributed by atoms with Crippen LogP contribution in [0.2, 0.25) is 0 Å². The third-order valence-electron chi connectivity index (χ3n) is 4.17. The molecule has 6 heteroatoms. The minimum Gasteiger partial charge on any atom is -0.334 e. The van der Waals surface area contributed by atoms with Crippen LogP contribution in [-0.4, -0.2) is 10.1 Å². The summed E-state index contributed by atoms with van der Waals surface area (Å²) in [5.41, 5.74) is 10.2. The average molecular weight is 348 g/mol. The second-order valence-corrected chi connectivity index (χ2v) is 6.55. The number of nitrogens with two attached hydrogens (primary N) is 1. The molecule has 0 spiro atoms. The molecule has 4 nitrogen and oxygen atoms in total. The second-order valence-electron chi connectivity index (χ2n) is 5.58. The Bertz CT molecular complexity index is 795. The van der Waals surface area contributed by atoms with Gasteiger partial charge in [-0.2, -0.15) is 4.98 Å². The van der Waals surface area contributed by atoms with E-state index in [0.29, 0.717) is 18.3 Å². The van der Waals surface area contributed by atoms with Crippen molar-refractivity contribution in [2.24, 2.45) is 5.73 Å². The monoisotopic (exact) mass is 347 g/mol. The van der Waals surface area contributed by atoms with Crippen LogP contribution in [0.1, 0.15) is 28.8 Å². The lowest BCUT2D eigenvalue weighted by atomic mass is 9.96. The molecule has 4 rings (SSSR count). The van der Waals surface area contributed by atoms with Crippen molar-refractivity contribution in [3.05, 3.63) is 45.6 Å². The van der Waals surface area contributed by atoms with E-state index >= 15 is 0 Å². The Balaban J connectivity index is 0.00000156. The summed E-state index contributed by atoms with van der Waals surface area (Å²) < 4.78 is 5.51. The molecular weight excluding hydrogens is 330 g/mol. The van der Waals surface area contributed by atoms with E-state index in [1.165, 1.54) is 29.7 Å². The smallest absolute Gasteiger partial charge is 0.259 e. The lowest BCUT2D eigenvalue weighted by molar-refractivity contribution is 0.432. The fourth-order valence-electron chi connectivity index (χ4n) is 2.91. The molecule has 0 radical (unpaired) electrons. The van der Waals surface area contributed by atoms with Crippen molar-refractivity contribution in [3.63, 3.8) is 0 Å². The maximum Gasteiger partial charge on any atom is 0.259 e. The van der Waals surface area contributed by atoms with Gasteiger partial charge in [0.25, 0.3) is 5.89 Å². The summed E-state index contributed by atoms with van der Waals surface area (Å²) in [6.07, 6.45) is 4.84. The molecule has 2 N–H and O–H groups in total. The molecule has 2 aromatic heterocycles. The predicted molar refractivity (Wildman–Crippen MR) is 94.8 cm³/mol. The maximum absolute atomic E-state index is 5.62. The zero-order valence-corrected chi connectivity index (χ0v) is 14.3. The first-order valence-corrected chi connectivity index (χ1v) is 8.46.